The fourth-order valence-electron chi connectivity index (χ4n) is 4.72. The van der Waals surface area contributed by atoms with Crippen molar-refractivity contribution in [3.8, 4) is 5.75 Å². The molecule has 45 heavy (non-hydrogen) atoms. The maximum atomic E-state index is 14.9. The topological polar surface area (TPSA) is 94.0 Å². The number of nitrogens with one attached hydrogen (secondary N) is 2. The first-order chi connectivity index (χ1) is 21.3. The average Bonchev–Trinajstić information content (AvgIpc) is 3.39. The van der Waals surface area contributed by atoms with Gasteiger partial charge in [-0.25, -0.2) is 13.6 Å². The summed E-state index contributed by atoms with van der Waals surface area (Å²) < 4.78 is 99.2. The smallest absolute Gasteiger partial charge is 0.426 e. The first-order valence-electron chi connectivity index (χ1n) is 13.8. The highest BCUT2D eigenvalue weighted by Crippen LogP contribution is 2.40. The van der Waals surface area contributed by atoms with E-state index in [0.717, 1.165) is 30.7 Å². The van der Waals surface area contributed by atoms with Gasteiger partial charge in [-0.2, -0.15) is 26.7 Å². The van der Waals surface area contributed by atoms with Crippen molar-refractivity contribution in [2.45, 2.75) is 49.9 Å². The normalized spacial score (nSPS) is 13.2. The van der Waals surface area contributed by atoms with E-state index in [2.05, 4.69) is 30.8 Å². The van der Waals surface area contributed by atoms with Crippen molar-refractivity contribution < 1.29 is 40.3 Å². The van der Waals surface area contributed by atoms with E-state index in [1.807, 2.05) is 0 Å². The molecule has 0 spiro atoms. The molecule has 0 radical (unpaired) electrons. The van der Waals surface area contributed by atoms with Gasteiger partial charge in [0.25, 0.3) is 0 Å². The van der Waals surface area contributed by atoms with Crippen molar-refractivity contribution in [3.63, 3.8) is 0 Å². The Kier molecular flexibility index (Phi) is 10.3. The molecule has 4 aromatic rings. The largest absolute Gasteiger partial charge is 0.499 e. The third-order valence-corrected chi connectivity index (χ3v) is 6.83. The second kappa shape index (κ2) is 13.9. The third-order valence-electron chi connectivity index (χ3n) is 6.83. The van der Waals surface area contributed by atoms with Crippen LogP contribution in [0, 0.1) is 11.6 Å². The number of benzene rings is 3. The van der Waals surface area contributed by atoms with Crippen molar-refractivity contribution in [1.82, 2.24) is 30.8 Å². The van der Waals surface area contributed by atoms with Crippen LogP contribution in [0.3, 0.4) is 0 Å². The summed E-state index contributed by atoms with van der Waals surface area (Å²) in [6, 6.07) is 14.5. The molecule has 15 heteroatoms. The second-order valence-corrected chi connectivity index (χ2v) is 10.3. The van der Waals surface area contributed by atoms with Crippen molar-refractivity contribution in [3.05, 3.63) is 107 Å². The molecular weight excluding hydrogens is 609 g/mol. The van der Waals surface area contributed by atoms with Gasteiger partial charge in [0.2, 0.25) is 0 Å². The number of amides is 2. The molecule has 4 rings (SSSR count). The third kappa shape index (κ3) is 8.70. The number of aromatic nitrogens is 4. The highest BCUT2D eigenvalue weighted by molar-refractivity contribution is 5.76. The number of aryl methyl sites for hydroxylation is 2. The van der Waals surface area contributed by atoms with Crippen LogP contribution in [0.5, 0.6) is 5.75 Å². The Morgan fingerprint density at radius 2 is 1.58 bits per heavy atom. The minimum atomic E-state index is -6.08. The first-order valence-corrected chi connectivity index (χ1v) is 13.8. The number of tetrazole rings is 1. The molecule has 0 aliphatic rings. The van der Waals surface area contributed by atoms with Gasteiger partial charge in [0, 0.05) is 25.5 Å². The lowest BCUT2D eigenvalue weighted by atomic mass is 9.77. The molecule has 0 aliphatic carbocycles. The number of hydrogen-bond donors (Lipinski definition) is 2. The quantitative estimate of drug-likeness (QED) is 0.134. The Morgan fingerprint density at radius 1 is 0.867 bits per heavy atom. The summed E-state index contributed by atoms with van der Waals surface area (Å²) in [4.78, 5) is 14.7. The van der Waals surface area contributed by atoms with Gasteiger partial charge in [-0.15, -0.1) is 10.2 Å². The molecule has 1 atom stereocenters. The highest BCUT2D eigenvalue weighted by Gasteiger charge is 2.61. The molecule has 0 saturated heterocycles. The zero-order chi connectivity index (χ0) is 32.7. The maximum absolute atomic E-state index is 14.9. The number of carbonyl (C=O) groups excluding carboxylic acids is 1. The van der Waals surface area contributed by atoms with E-state index in [4.69, 9.17) is 0 Å². The van der Waals surface area contributed by atoms with Crippen LogP contribution in [0.25, 0.3) is 0 Å². The summed E-state index contributed by atoms with van der Waals surface area (Å²) in [6.45, 7) is 0.208. The Labute approximate surface area is 253 Å². The number of ether oxygens (including phenoxy) is 1. The van der Waals surface area contributed by atoms with Crippen molar-refractivity contribution in [1.29, 1.82) is 0 Å². The highest BCUT2D eigenvalue weighted by atomic mass is 19.4. The van der Waals surface area contributed by atoms with E-state index in [1.54, 1.807) is 37.4 Å². The standard InChI is InChI=1S/C30H29F7N6O2/c1-43-41-26(40-42-43)10-6-3-7-15-38-27(44)39-28(19-20-8-4-2-5-9-20,21-11-13-23(31)14-12-21)22-16-24(32)18-25(17-22)45-30(36,37)29(33,34)35/h2,4-5,8-9,11-14,16-18H,3,6-7,10,15,19H2,1H3,(H2,38,39,44)/t28-/m1/s1. The van der Waals surface area contributed by atoms with Gasteiger partial charge >= 0.3 is 18.3 Å². The molecule has 0 unspecified atom stereocenters. The summed E-state index contributed by atoms with van der Waals surface area (Å²) in [5.41, 5.74) is -1.24. The van der Waals surface area contributed by atoms with E-state index in [9.17, 15) is 35.5 Å². The Bertz CT molecular complexity index is 1570. The van der Waals surface area contributed by atoms with Crippen molar-refractivity contribution >= 4 is 6.03 Å². The molecule has 0 bridgehead atoms. The monoisotopic (exact) mass is 638 g/mol. The number of hydrogen-bond acceptors (Lipinski definition) is 5. The molecule has 8 nitrogen and oxygen atoms in total. The first kappa shape index (κ1) is 33.2. The summed E-state index contributed by atoms with van der Waals surface area (Å²) in [6.07, 6.45) is -9.29. The van der Waals surface area contributed by atoms with Crippen LogP contribution < -0.4 is 15.4 Å². The van der Waals surface area contributed by atoms with Gasteiger partial charge < -0.3 is 15.4 Å². The van der Waals surface area contributed by atoms with Gasteiger partial charge in [-0.05, 0) is 59.0 Å². The van der Waals surface area contributed by atoms with Crippen LogP contribution in [-0.2, 0) is 25.4 Å². The molecular formula is C30H29F7N6O2. The predicted molar refractivity (Wildman–Crippen MR) is 148 cm³/mol. The van der Waals surface area contributed by atoms with Crippen LogP contribution in [0.15, 0.2) is 72.8 Å². The molecule has 2 N–H and O–H groups in total. The summed E-state index contributed by atoms with van der Waals surface area (Å²) in [7, 11) is 1.65. The number of unbranched alkanes of at least 4 members (excludes halogenated alkanes) is 2. The van der Waals surface area contributed by atoms with E-state index >= 15 is 0 Å². The lowest BCUT2D eigenvalue weighted by molar-refractivity contribution is -0.360. The zero-order valence-electron chi connectivity index (χ0n) is 23.9. The molecule has 1 aromatic heterocycles. The minimum Gasteiger partial charge on any atom is -0.426 e. The van der Waals surface area contributed by atoms with Crippen LogP contribution in [0.2, 0.25) is 0 Å². The number of halogens is 7. The molecule has 2 amide bonds. The summed E-state index contributed by atoms with van der Waals surface area (Å²) in [5.74, 6) is -2.40. The number of alkyl halides is 5. The van der Waals surface area contributed by atoms with Gasteiger partial charge in [0.05, 0.1) is 12.6 Å². The fraction of sp³-hybridized carbons (Fsp3) is 0.333. The van der Waals surface area contributed by atoms with Gasteiger partial charge in [-0.1, -0.05) is 48.9 Å². The van der Waals surface area contributed by atoms with Gasteiger partial charge in [0.15, 0.2) is 5.82 Å². The van der Waals surface area contributed by atoms with Crippen molar-refractivity contribution in [2.24, 2.45) is 7.05 Å². The zero-order valence-corrected chi connectivity index (χ0v) is 23.9. The molecule has 3 aromatic carbocycles. The Hall–Kier alpha value is -4.69. The fourth-order valence-corrected chi connectivity index (χ4v) is 4.72. The lowest BCUT2D eigenvalue weighted by Crippen LogP contribution is -2.52. The molecule has 1 heterocycles. The summed E-state index contributed by atoms with van der Waals surface area (Å²) in [5, 5.41) is 17.2. The predicted octanol–water partition coefficient (Wildman–Crippen LogP) is 6.22. The average molecular weight is 639 g/mol. The molecule has 240 valence electrons. The summed E-state index contributed by atoms with van der Waals surface area (Å²) >= 11 is 0. The Balaban J connectivity index is 1.65. The van der Waals surface area contributed by atoms with Crippen LogP contribution >= 0.6 is 0 Å². The van der Waals surface area contributed by atoms with Crippen LogP contribution in [0.1, 0.15) is 41.8 Å². The lowest BCUT2D eigenvalue weighted by Gasteiger charge is -2.37. The van der Waals surface area contributed by atoms with E-state index in [1.165, 1.54) is 16.9 Å². The molecule has 0 saturated carbocycles. The maximum Gasteiger partial charge on any atom is 0.499 e. The number of carbonyl (C=O) groups is 1. The number of nitrogens with zero attached hydrogens (tertiary/aromatic N) is 4. The molecule has 0 aliphatic heterocycles. The van der Waals surface area contributed by atoms with Crippen LogP contribution in [0.4, 0.5) is 35.5 Å². The van der Waals surface area contributed by atoms with E-state index in [-0.39, 0.29) is 24.1 Å². The Morgan fingerprint density at radius 3 is 2.22 bits per heavy atom. The van der Waals surface area contributed by atoms with Crippen LogP contribution in [-0.4, -0.2) is 45.1 Å². The number of urea groups is 1. The second-order valence-electron chi connectivity index (χ2n) is 10.3. The minimum absolute atomic E-state index is 0.128. The van der Waals surface area contributed by atoms with E-state index in [0.29, 0.717) is 36.7 Å². The SMILES string of the molecule is Cn1nnc(CCCCCNC(=O)N[C@](Cc2ccccc2)(c2ccc(F)cc2)c2cc(F)cc(OC(F)(F)C(F)(F)F)c2)n1. The molecule has 0 fully saturated rings. The van der Waals surface area contributed by atoms with E-state index < -0.39 is 41.2 Å². The van der Waals surface area contributed by atoms with Gasteiger partial charge in [0.1, 0.15) is 17.4 Å². The van der Waals surface area contributed by atoms with Gasteiger partial charge in [-0.3, -0.25) is 0 Å². The van der Waals surface area contributed by atoms with Crippen molar-refractivity contribution in [2.75, 3.05) is 6.54 Å². The number of rotatable bonds is 13.